The average Bonchev–Trinajstić information content (AvgIpc) is 3.29. The van der Waals surface area contributed by atoms with Crippen LogP contribution in [0.3, 0.4) is 0 Å². The van der Waals surface area contributed by atoms with Crippen molar-refractivity contribution in [2.45, 2.75) is 13.1 Å². The summed E-state index contributed by atoms with van der Waals surface area (Å²) in [4.78, 5) is 24.2. The number of hydrogen-bond acceptors (Lipinski definition) is 4. The van der Waals surface area contributed by atoms with E-state index in [1.807, 2.05) is 54.3 Å². The molecule has 0 saturated carbocycles. The molecule has 3 heterocycles. The zero-order valence-corrected chi connectivity index (χ0v) is 19.3. The van der Waals surface area contributed by atoms with Crippen LogP contribution in [-0.4, -0.2) is 42.0 Å². The monoisotopic (exact) mass is 481 g/mol. The molecule has 1 aliphatic heterocycles. The molecule has 0 aliphatic carbocycles. The van der Waals surface area contributed by atoms with Gasteiger partial charge < -0.3 is 9.80 Å². The molecular formula is C26H22F3N3OS. The van der Waals surface area contributed by atoms with Crippen molar-refractivity contribution in [2.24, 2.45) is 0 Å². The lowest BCUT2D eigenvalue weighted by Crippen LogP contribution is -2.48. The second-order valence-electron chi connectivity index (χ2n) is 8.31. The van der Waals surface area contributed by atoms with Gasteiger partial charge >= 0.3 is 6.18 Å². The SMILES string of the molecule is Cc1ccc(-c2cc(C(=O)N3CCN(c4cccc(C(F)(F)F)c4)CC3)c3ccccc3n2)s1. The second-order valence-corrected chi connectivity index (χ2v) is 9.60. The van der Waals surface area contributed by atoms with Gasteiger partial charge in [0.1, 0.15) is 0 Å². The van der Waals surface area contributed by atoms with Gasteiger partial charge in [0, 0.05) is 42.1 Å². The van der Waals surface area contributed by atoms with Gasteiger partial charge in [0.05, 0.1) is 27.2 Å². The maximum Gasteiger partial charge on any atom is 0.416 e. The number of fused-ring (bicyclic) bond motifs is 1. The number of amides is 1. The van der Waals surface area contributed by atoms with Crippen molar-refractivity contribution in [3.63, 3.8) is 0 Å². The molecule has 0 unspecified atom stereocenters. The largest absolute Gasteiger partial charge is 0.416 e. The van der Waals surface area contributed by atoms with Gasteiger partial charge in [-0.05, 0) is 49.4 Å². The lowest BCUT2D eigenvalue weighted by molar-refractivity contribution is -0.137. The number of thiophene rings is 1. The second kappa shape index (κ2) is 8.76. The third-order valence-corrected chi connectivity index (χ3v) is 7.07. The number of halogens is 3. The summed E-state index contributed by atoms with van der Waals surface area (Å²) in [6.45, 7) is 3.82. The number of aryl methyl sites for hydroxylation is 1. The van der Waals surface area contributed by atoms with E-state index >= 15 is 0 Å². The Hall–Kier alpha value is -3.39. The molecule has 4 nitrogen and oxygen atoms in total. The minimum atomic E-state index is -4.38. The summed E-state index contributed by atoms with van der Waals surface area (Å²) in [5.41, 5.74) is 1.98. The molecule has 0 radical (unpaired) electrons. The van der Waals surface area contributed by atoms with Crippen LogP contribution in [0.5, 0.6) is 0 Å². The van der Waals surface area contributed by atoms with E-state index in [0.717, 1.165) is 27.5 Å². The predicted octanol–water partition coefficient (Wildman–Crippen LogP) is 6.25. The summed E-state index contributed by atoms with van der Waals surface area (Å²) < 4.78 is 39.3. The summed E-state index contributed by atoms with van der Waals surface area (Å²) in [7, 11) is 0. The van der Waals surface area contributed by atoms with Crippen LogP contribution in [0.25, 0.3) is 21.5 Å². The Kier molecular flexibility index (Phi) is 5.77. The number of anilines is 1. The Labute approximate surface area is 199 Å². The lowest BCUT2D eigenvalue weighted by Gasteiger charge is -2.36. The van der Waals surface area contributed by atoms with Gasteiger partial charge in [-0.1, -0.05) is 24.3 Å². The molecular weight excluding hydrogens is 459 g/mol. The van der Waals surface area contributed by atoms with Crippen LogP contribution >= 0.6 is 11.3 Å². The Morgan fingerprint density at radius 2 is 1.71 bits per heavy atom. The van der Waals surface area contributed by atoms with E-state index in [-0.39, 0.29) is 5.91 Å². The highest BCUT2D eigenvalue weighted by molar-refractivity contribution is 7.15. The summed E-state index contributed by atoms with van der Waals surface area (Å²) >= 11 is 1.63. The van der Waals surface area contributed by atoms with Crippen LogP contribution in [0.4, 0.5) is 18.9 Å². The molecule has 174 valence electrons. The number of carbonyl (C=O) groups is 1. The molecule has 0 N–H and O–H groups in total. The fourth-order valence-corrected chi connectivity index (χ4v) is 5.10. The minimum Gasteiger partial charge on any atom is -0.368 e. The predicted molar refractivity (Wildman–Crippen MR) is 129 cm³/mol. The van der Waals surface area contributed by atoms with Crippen molar-refractivity contribution in [1.29, 1.82) is 0 Å². The van der Waals surface area contributed by atoms with Crippen molar-refractivity contribution >= 4 is 33.8 Å². The van der Waals surface area contributed by atoms with Crippen LogP contribution in [-0.2, 0) is 6.18 Å². The summed E-state index contributed by atoms with van der Waals surface area (Å²) in [5, 5.41) is 0.796. The van der Waals surface area contributed by atoms with Crippen molar-refractivity contribution in [3.8, 4) is 10.6 Å². The molecule has 4 aromatic rings. The molecule has 2 aromatic carbocycles. The zero-order valence-electron chi connectivity index (χ0n) is 18.5. The number of para-hydroxylation sites is 1. The Morgan fingerprint density at radius 1 is 0.941 bits per heavy atom. The van der Waals surface area contributed by atoms with E-state index in [2.05, 4.69) is 0 Å². The Balaban J connectivity index is 1.39. The molecule has 1 saturated heterocycles. The molecule has 0 spiro atoms. The number of piperazine rings is 1. The first-order valence-electron chi connectivity index (χ1n) is 11.0. The fourth-order valence-electron chi connectivity index (χ4n) is 4.27. The highest BCUT2D eigenvalue weighted by atomic mass is 32.1. The van der Waals surface area contributed by atoms with E-state index in [4.69, 9.17) is 4.98 Å². The molecule has 0 bridgehead atoms. The van der Waals surface area contributed by atoms with E-state index in [1.165, 1.54) is 17.0 Å². The van der Waals surface area contributed by atoms with Crippen molar-refractivity contribution < 1.29 is 18.0 Å². The van der Waals surface area contributed by atoms with E-state index < -0.39 is 11.7 Å². The quantitative estimate of drug-likeness (QED) is 0.347. The maximum absolute atomic E-state index is 13.6. The number of aromatic nitrogens is 1. The number of hydrogen-bond donors (Lipinski definition) is 0. The van der Waals surface area contributed by atoms with Gasteiger partial charge in [-0.2, -0.15) is 13.2 Å². The highest BCUT2D eigenvalue weighted by Crippen LogP contribution is 2.33. The van der Waals surface area contributed by atoms with Gasteiger partial charge in [-0.15, -0.1) is 11.3 Å². The lowest BCUT2D eigenvalue weighted by atomic mass is 10.0. The van der Waals surface area contributed by atoms with E-state index in [0.29, 0.717) is 37.4 Å². The smallest absolute Gasteiger partial charge is 0.368 e. The number of rotatable bonds is 3. The number of pyridine rings is 1. The van der Waals surface area contributed by atoms with Crippen LogP contribution < -0.4 is 4.90 Å². The molecule has 1 aliphatic rings. The zero-order chi connectivity index (χ0) is 23.9. The molecule has 1 amide bonds. The number of benzene rings is 2. The number of carbonyl (C=O) groups excluding carboxylic acids is 1. The topological polar surface area (TPSA) is 36.4 Å². The van der Waals surface area contributed by atoms with Gasteiger partial charge in [0.25, 0.3) is 5.91 Å². The first kappa shape index (κ1) is 22.4. The molecule has 1 fully saturated rings. The van der Waals surface area contributed by atoms with Crippen molar-refractivity contribution in [2.75, 3.05) is 31.1 Å². The maximum atomic E-state index is 13.6. The average molecular weight is 482 g/mol. The molecule has 5 rings (SSSR count). The van der Waals surface area contributed by atoms with E-state index in [1.54, 1.807) is 22.3 Å². The third kappa shape index (κ3) is 4.37. The molecule has 34 heavy (non-hydrogen) atoms. The summed E-state index contributed by atoms with van der Waals surface area (Å²) in [6, 6.07) is 18.8. The van der Waals surface area contributed by atoms with Crippen LogP contribution in [0, 0.1) is 6.92 Å². The number of alkyl halides is 3. The standard InChI is InChI=1S/C26H22F3N3OS/c1-17-9-10-24(34-17)23-16-21(20-7-2-3-8-22(20)30-23)25(33)32-13-11-31(12-14-32)19-6-4-5-18(15-19)26(27,28)29/h2-10,15-16H,11-14H2,1H3. The van der Waals surface area contributed by atoms with Crippen LogP contribution in [0.2, 0.25) is 0 Å². The first-order chi connectivity index (χ1) is 16.3. The van der Waals surface area contributed by atoms with Crippen LogP contribution in [0.15, 0.2) is 66.7 Å². The van der Waals surface area contributed by atoms with Gasteiger partial charge in [0.2, 0.25) is 0 Å². The van der Waals surface area contributed by atoms with E-state index in [9.17, 15) is 18.0 Å². The molecule has 2 aromatic heterocycles. The van der Waals surface area contributed by atoms with Crippen LogP contribution in [0.1, 0.15) is 20.8 Å². The third-order valence-electron chi connectivity index (χ3n) is 6.04. The number of nitrogens with zero attached hydrogens (tertiary/aromatic N) is 3. The minimum absolute atomic E-state index is 0.0863. The van der Waals surface area contributed by atoms with Gasteiger partial charge in [-0.25, -0.2) is 4.98 Å². The summed E-state index contributed by atoms with van der Waals surface area (Å²) in [6.07, 6.45) is -4.38. The molecule has 8 heteroatoms. The summed E-state index contributed by atoms with van der Waals surface area (Å²) in [5.74, 6) is -0.0863. The Morgan fingerprint density at radius 3 is 2.41 bits per heavy atom. The molecule has 0 atom stereocenters. The normalized spacial score (nSPS) is 14.6. The van der Waals surface area contributed by atoms with Crippen molar-refractivity contribution in [3.05, 3.63) is 82.7 Å². The van der Waals surface area contributed by atoms with Crippen molar-refractivity contribution in [1.82, 2.24) is 9.88 Å². The first-order valence-corrected chi connectivity index (χ1v) is 11.8. The Bertz CT molecular complexity index is 1360. The highest BCUT2D eigenvalue weighted by Gasteiger charge is 2.31. The fraction of sp³-hybridized carbons (Fsp3) is 0.231. The van der Waals surface area contributed by atoms with Gasteiger partial charge in [-0.3, -0.25) is 4.79 Å². The van der Waals surface area contributed by atoms with Gasteiger partial charge in [0.15, 0.2) is 0 Å².